The van der Waals surface area contributed by atoms with Crippen LogP contribution in [-0.4, -0.2) is 61.0 Å². The lowest BCUT2D eigenvalue weighted by Gasteiger charge is -2.35. The van der Waals surface area contributed by atoms with E-state index in [1.807, 2.05) is 0 Å². The number of alkyl halides is 3. The molecule has 2 N–H and O–H groups in total. The van der Waals surface area contributed by atoms with E-state index < -0.39 is 24.7 Å². The van der Waals surface area contributed by atoms with E-state index in [-0.39, 0.29) is 67.4 Å². The van der Waals surface area contributed by atoms with Gasteiger partial charge in [0, 0.05) is 29.9 Å². The number of fused-ring (bicyclic) bond motifs is 3. The van der Waals surface area contributed by atoms with E-state index >= 15 is 0 Å². The Morgan fingerprint density at radius 2 is 1.72 bits per heavy atom. The first-order valence-electron chi connectivity index (χ1n) is 12.0. The SMILES string of the molecule is O=C(COC1CC(OC(F)(F)F)C1)N[C@H]1C[C@H]2C[C@@H]1C[C@@H]2NC(=O)[C@H]1CC(=O)c2cc(Cl)ccc2O1. The molecule has 3 fully saturated rings. The Labute approximate surface area is 210 Å². The Balaban J connectivity index is 1.03. The van der Waals surface area contributed by atoms with Crippen LogP contribution in [0.2, 0.25) is 5.02 Å². The van der Waals surface area contributed by atoms with Crippen molar-refractivity contribution in [1.82, 2.24) is 10.6 Å². The van der Waals surface area contributed by atoms with E-state index in [9.17, 15) is 27.6 Å². The highest BCUT2D eigenvalue weighted by Crippen LogP contribution is 2.45. The van der Waals surface area contributed by atoms with Crippen molar-refractivity contribution in [2.45, 2.75) is 75.3 Å². The molecule has 1 aliphatic heterocycles. The zero-order valence-electron chi connectivity index (χ0n) is 19.2. The number of Topliss-reactive ketones (excluding diaryl/α,β-unsaturated/α-hetero) is 1. The number of carbonyl (C=O) groups is 3. The minimum absolute atomic E-state index is 0.0360. The van der Waals surface area contributed by atoms with E-state index in [1.54, 1.807) is 12.1 Å². The first kappa shape index (κ1) is 25.3. The van der Waals surface area contributed by atoms with Crippen LogP contribution < -0.4 is 15.4 Å². The molecule has 0 unspecified atom stereocenters. The third kappa shape index (κ3) is 5.63. The maximum Gasteiger partial charge on any atom is 0.522 e. The van der Waals surface area contributed by atoms with Crippen molar-refractivity contribution in [3.63, 3.8) is 0 Å². The minimum Gasteiger partial charge on any atom is -0.479 e. The fourth-order valence-corrected chi connectivity index (χ4v) is 5.90. The number of ketones is 1. The zero-order chi connectivity index (χ0) is 25.6. The van der Waals surface area contributed by atoms with Crippen LogP contribution >= 0.6 is 11.6 Å². The first-order chi connectivity index (χ1) is 17.0. The third-order valence-electron chi connectivity index (χ3n) is 7.51. The number of hydrogen-bond donors (Lipinski definition) is 2. The topological polar surface area (TPSA) is 103 Å². The Kier molecular flexibility index (Phi) is 6.90. The quantitative estimate of drug-likeness (QED) is 0.561. The Bertz CT molecular complexity index is 1050. The molecule has 2 bridgehead atoms. The highest BCUT2D eigenvalue weighted by atomic mass is 35.5. The molecule has 0 aromatic heterocycles. The lowest BCUT2D eigenvalue weighted by molar-refractivity contribution is -0.357. The lowest BCUT2D eigenvalue weighted by Crippen LogP contribution is -2.50. The van der Waals surface area contributed by atoms with Crippen LogP contribution in [0.15, 0.2) is 18.2 Å². The maximum atomic E-state index is 12.8. The molecule has 2 amide bonds. The van der Waals surface area contributed by atoms with Gasteiger partial charge in [-0.05, 0) is 49.3 Å². The predicted molar refractivity (Wildman–Crippen MR) is 119 cm³/mol. The standard InChI is InChI=1S/C24H26ClF3N2O6/c25-13-1-2-20-16(6-13)19(31)9-21(35-20)23(33)30-18-5-11-3-12(18)4-17(11)29-22(32)10-34-14-7-15(8-14)36-24(26,27)28/h1-2,6,11-12,14-15,17-18,21H,3-5,7-10H2,(H,29,32)(H,30,33)/t11-,12-,14?,15?,17+,18+,21-/m1/s1. The summed E-state index contributed by atoms with van der Waals surface area (Å²) in [5.74, 6) is -0.0806. The van der Waals surface area contributed by atoms with Crippen LogP contribution in [0.5, 0.6) is 5.75 Å². The van der Waals surface area contributed by atoms with Gasteiger partial charge in [-0.15, -0.1) is 13.2 Å². The molecule has 1 aromatic carbocycles. The van der Waals surface area contributed by atoms with E-state index in [2.05, 4.69) is 15.4 Å². The van der Waals surface area contributed by atoms with Crippen molar-refractivity contribution in [3.8, 4) is 5.75 Å². The average molecular weight is 531 g/mol. The molecule has 5 atom stereocenters. The number of amides is 2. The van der Waals surface area contributed by atoms with Gasteiger partial charge in [-0.3, -0.25) is 19.1 Å². The minimum atomic E-state index is -4.66. The second kappa shape index (κ2) is 9.83. The number of nitrogens with one attached hydrogen (secondary N) is 2. The second-order valence-electron chi connectivity index (χ2n) is 9.98. The van der Waals surface area contributed by atoms with Gasteiger partial charge in [-0.2, -0.15) is 0 Å². The smallest absolute Gasteiger partial charge is 0.479 e. The van der Waals surface area contributed by atoms with Crippen molar-refractivity contribution in [2.75, 3.05) is 6.61 Å². The average Bonchev–Trinajstić information content (AvgIpc) is 3.34. The largest absolute Gasteiger partial charge is 0.522 e. The normalized spacial score (nSPS) is 32.9. The van der Waals surface area contributed by atoms with Crippen molar-refractivity contribution in [1.29, 1.82) is 0 Å². The first-order valence-corrected chi connectivity index (χ1v) is 12.4. The summed E-state index contributed by atoms with van der Waals surface area (Å²) in [5, 5.41) is 6.40. The van der Waals surface area contributed by atoms with Crippen LogP contribution in [0, 0.1) is 11.8 Å². The van der Waals surface area contributed by atoms with Crippen LogP contribution in [-0.2, 0) is 19.1 Å². The van der Waals surface area contributed by atoms with Gasteiger partial charge in [0.2, 0.25) is 5.91 Å². The van der Waals surface area contributed by atoms with Gasteiger partial charge < -0.3 is 20.1 Å². The van der Waals surface area contributed by atoms with Crippen LogP contribution in [0.1, 0.15) is 48.9 Å². The van der Waals surface area contributed by atoms with Gasteiger partial charge in [0.15, 0.2) is 11.9 Å². The molecule has 4 aliphatic rings. The molecule has 0 spiro atoms. The highest BCUT2D eigenvalue weighted by Gasteiger charge is 2.48. The molecule has 8 nitrogen and oxygen atoms in total. The Morgan fingerprint density at radius 1 is 1.03 bits per heavy atom. The molecular weight excluding hydrogens is 505 g/mol. The molecule has 196 valence electrons. The van der Waals surface area contributed by atoms with Gasteiger partial charge in [0.25, 0.3) is 5.91 Å². The molecular formula is C24H26ClF3N2O6. The number of benzene rings is 1. The molecule has 3 saturated carbocycles. The Hall–Kier alpha value is -2.37. The predicted octanol–water partition coefficient (Wildman–Crippen LogP) is 3.16. The van der Waals surface area contributed by atoms with Gasteiger partial charge in [-0.1, -0.05) is 11.6 Å². The van der Waals surface area contributed by atoms with Crippen LogP contribution in [0.3, 0.4) is 0 Å². The lowest BCUT2D eigenvalue weighted by atomic mass is 9.90. The number of rotatable bonds is 7. The van der Waals surface area contributed by atoms with Gasteiger partial charge >= 0.3 is 6.36 Å². The molecule has 12 heteroatoms. The van der Waals surface area contributed by atoms with E-state index in [1.165, 1.54) is 6.07 Å². The van der Waals surface area contributed by atoms with Crippen LogP contribution in [0.4, 0.5) is 13.2 Å². The summed E-state index contributed by atoms with van der Waals surface area (Å²) in [6, 6.07) is 4.63. The van der Waals surface area contributed by atoms with E-state index in [0.717, 1.165) is 6.42 Å². The highest BCUT2D eigenvalue weighted by molar-refractivity contribution is 6.31. The molecule has 36 heavy (non-hydrogen) atoms. The number of carbonyl (C=O) groups excluding carboxylic acids is 3. The molecule has 1 heterocycles. The van der Waals surface area contributed by atoms with Crippen LogP contribution in [0.25, 0.3) is 0 Å². The molecule has 3 aliphatic carbocycles. The van der Waals surface area contributed by atoms with Gasteiger partial charge in [-0.25, -0.2) is 0 Å². The van der Waals surface area contributed by atoms with E-state index in [4.69, 9.17) is 21.1 Å². The number of ether oxygens (including phenoxy) is 3. The van der Waals surface area contributed by atoms with Crippen molar-refractivity contribution in [3.05, 3.63) is 28.8 Å². The maximum absolute atomic E-state index is 12.8. The summed E-state index contributed by atoms with van der Waals surface area (Å²) in [7, 11) is 0. The monoisotopic (exact) mass is 530 g/mol. The van der Waals surface area contributed by atoms with Crippen molar-refractivity contribution < 1.29 is 41.8 Å². The molecule has 0 radical (unpaired) electrons. The third-order valence-corrected chi connectivity index (χ3v) is 7.74. The number of halogens is 4. The summed E-state index contributed by atoms with van der Waals surface area (Å²) in [5.41, 5.74) is 0.376. The summed E-state index contributed by atoms with van der Waals surface area (Å²) >= 11 is 5.94. The summed E-state index contributed by atoms with van der Waals surface area (Å²) in [6.07, 6.45) is -4.45. The zero-order valence-corrected chi connectivity index (χ0v) is 19.9. The van der Waals surface area contributed by atoms with Gasteiger partial charge in [0.05, 0.1) is 24.2 Å². The van der Waals surface area contributed by atoms with E-state index in [0.29, 0.717) is 29.2 Å². The molecule has 1 aromatic rings. The molecule has 5 rings (SSSR count). The molecule has 0 saturated heterocycles. The Morgan fingerprint density at radius 3 is 2.39 bits per heavy atom. The fourth-order valence-electron chi connectivity index (χ4n) is 5.73. The van der Waals surface area contributed by atoms with Crippen molar-refractivity contribution in [2.24, 2.45) is 11.8 Å². The summed E-state index contributed by atoms with van der Waals surface area (Å²) in [4.78, 5) is 37.5. The van der Waals surface area contributed by atoms with Gasteiger partial charge in [0.1, 0.15) is 12.4 Å². The number of hydrogen-bond acceptors (Lipinski definition) is 6. The fraction of sp³-hybridized carbons (Fsp3) is 0.625. The summed E-state index contributed by atoms with van der Waals surface area (Å²) in [6.45, 7) is -0.211. The second-order valence-corrected chi connectivity index (χ2v) is 10.4. The summed E-state index contributed by atoms with van der Waals surface area (Å²) < 4.78 is 51.6. The van der Waals surface area contributed by atoms with Crippen molar-refractivity contribution >= 4 is 29.2 Å².